The van der Waals surface area contributed by atoms with Gasteiger partial charge < -0.3 is 20.4 Å². The highest BCUT2D eigenvalue weighted by Gasteiger charge is 2.39. The number of carbonyl (C=O) groups is 4. The second kappa shape index (κ2) is 12.1. The molecule has 0 aliphatic carbocycles. The Hall–Kier alpha value is -2.38. The summed E-state index contributed by atoms with van der Waals surface area (Å²) in [6.45, 7) is 8.70. The highest BCUT2D eigenvalue weighted by molar-refractivity contribution is 5.83. The molecule has 0 fully saturated rings. The van der Waals surface area contributed by atoms with Crippen LogP contribution in [0.1, 0.15) is 40.0 Å². The first-order chi connectivity index (χ1) is 11.0. The molecule has 0 aromatic rings. The normalized spacial score (nSPS) is 15.0. The van der Waals surface area contributed by atoms with Crippen molar-refractivity contribution in [1.82, 2.24) is 0 Å². The second-order valence-electron chi connectivity index (χ2n) is 5.35. The number of hydrogen-bond acceptors (Lipinski definition) is 4. The lowest BCUT2D eigenvalue weighted by Gasteiger charge is -2.23. The van der Waals surface area contributed by atoms with E-state index < -0.39 is 54.0 Å². The molecule has 4 atom stereocenters. The van der Waals surface area contributed by atoms with Gasteiger partial charge in [0.15, 0.2) is 0 Å². The summed E-state index contributed by atoms with van der Waals surface area (Å²) in [6, 6.07) is 0. The van der Waals surface area contributed by atoms with Crippen molar-refractivity contribution in [3.05, 3.63) is 12.7 Å². The van der Waals surface area contributed by atoms with Crippen molar-refractivity contribution in [3.8, 4) is 0 Å². The van der Waals surface area contributed by atoms with E-state index in [1.165, 1.54) is 12.8 Å². The Morgan fingerprint density at radius 2 is 1.25 bits per heavy atom. The molecule has 4 N–H and O–H groups in total. The average molecular weight is 346 g/mol. The van der Waals surface area contributed by atoms with Crippen LogP contribution in [0.15, 0.2) is 12.7 Å². The van der Waals surface area contributed by atoms with Gasteiger partial charge in [-0.3, -0.25) is 19.2 Å². The zero-order valence-corrected chi connectivity index (χ0v) is 14.1. The van der Waals surface area contributed by atoms with Crippen LogP contribution in [0.4, 0.5) is 0 Å². The summed E-state index contributed by atoms with van der Waals surface area (Å²) >= 11 is 0. The van der Waals surface area contributed by atoms with E-state index in [9.17, 15) is 19.2 Å². The van der Waals surface area contributed by atoms with Gasteiger partial charge in [0.1, 0.15) is 0 Å². The molecule has 0 spiro atoms. The van der Waals surface area contributed by atoms with Gasteiger partial charge in [0.2, 0.25) is 0 Å². The third kappa shape index (κ3) is 8.30. The van der Waals surface area contributed by atoms with Crippen LogP contribution >= 0.6 is 0 Å². The van der Waals surface area contributed by atoms with Gasteiger partial charge in [0.05, 0.1) is 23.7 Å². The molecule has 0 aliphatic rings. The maximum atomic E-state index is 11.1. The first-order valence-corrected chi connectivity index (χ1v) is 7.58. The Morgan fingerprint density at radius 3 is 1.46 bits per heavy atom. The molecule has 8 heteroatoms. The van der Waals surface area contributed by atoms with Crippen molar-refractivity contribution in [2.75, 3.05) is 0 Å². The van der Waals surface area contributed by atoms with Crippen LogP contribution in [0.3, 0.4) is 0 Å². The van der Waals surface area contributed by atoms with Crippen LogP contribution < -0.4 is 0 Å². The summed E-state index contributed by atoms with van der Waals surface area (Å²) in [4.78, 5) is 43.9. The topological polar surface area (TPSA) is 149 Å². The van der Waals surface area contributed by atoms with E-state index in [2.05, 4.69) is 20.4 Å². The van der Waals surface area contributed by atoms with Gasteiger partial charge in [0, 0.05) is 0 Å². The summed E-state index contributed by atoms with van der Waals surface area (Å²) in [7, 11) is 0. The van der Waals surface area contributed by atoms with Gasteiger partial charge in [-0.25, -0.2) is 0 Å². The monoisotopic (exact) mass is 346 g/mol. The fourth-order valence-corrected chi connectivity index (χ4v) is 1.80. The number of hydrogen-bond donors (Lipinski definition) is 4. The molecular weight excluding hydrogens is 320 g/mol. The minimum absolute atomic E-state index is 0.610. The van der Waals surface area contributed by atoms with E-state index in [-0.39, 0.29) is 0 Å². The highest BCUT2D eigenvalue weighted by atomic mass is 16.4. The molecule has 0 heterocycles. The standard InChI is InChI=1S/C12H16O8.C4H10/c1-3-6(10(15)16)8(12(19)20)4-7(11(17)18)5(2)9(13)14;1-3-4-2/h3,5-8H,1,4H2,2H3,(H,13,14)(H,15,16)(H,17,18)(H,19,20);3-4H2,1-2H3. The van der Waals surface area contributed by atoms with Crippen molar-refractivity contribution in [2.24, 2.45) is 23.7 Å². The van der Waals surface area contributed by atoms with E-state index in [1.807, 2.05) is 0 Å². The van der Waals surface area contributed by atoms with Crippen molar-refractivity contribution in [3.63, 3.8) is 0 Å². The fraction of sp³-hybridized carbons (Fsp3) is 0.625. The molecule has 0 rings (SSSR count). The molecule has 0 aromatic carbocycles. The van der Waals surface area contributed by atoms with Crippen molar-refractivity contribution < 1.29 is 39.6 Å². The number of carboxylic acid groups (broad SMARTS) is 4. The van der Waals surface area contributed by atoms with E-state index >= 15 is 0 Å². The second-order valence-corrected chi connectivity index (χ2v) is 5.35. The summed E-state index contributed by atoms with van der Waals surface area (Å²) in [5, 5.41) is 35.7. The van der Waals surface area contributed by atoms with Crippen molar-refractivity contribution in [2.45, 2.75) is 40.0 Å². The van der Waals surface area contributed by atoms with E-state index in [0.29, 0.717) is 0 Å². The fourth-order valence-electron chi connectivity index (χ4n) is 1.80. The molecule has 8 nitrogen and oxygen atoms in total. The van der Waals surface area contributed by atoms with Crippen LogP contribution in [-0.2, 0) is 19.2 Å². The minimum atomic E-state index is -1.56. The van der Waals surface area contributed by atoms with Crippen LogP contribution in [0.2, 0.25) is 0 Å². The number of carboxylic acids is 4. The molecule has 4 unspecified atom stereocenters. The Kier molecular flexibility index (Phi) is 12.0. The van der Waals surface area contributed by atoms with Gasteiger partial charge >= 0.3 is 23.9 Å². The molecule has 0 aromatic heterocycles. The molecule has 0 bridgehead atoms. The molecule has 0 radical (unpaired) electrons. The summed E-state index contributed by atoms with van der Waals surface area (Å²) in [5.41, 5.74) is 0. The molecule has 0 saturated heterocycles. The maximum Gasteiger partial charge on any atom is 0.311 e. The SMILES string of the molecule is C=CC(C(=O)O)C(CC(C(=O)O)C(C)C(=O)O)C(=O)O.CCCC. The summed E-state index contributed by atoms with van der Waals surface area (Å²) in [5.74, 6) is -11.8. The predicted octanol–water partition coefficient (Wildman–Crippen LogP) is 2.19. The third-order valence-corrected chi connectivity index (χ3v) is 3.61. The maximum absolute atomic E-state index is 11.1. The largest absolute Gasteiger partial charge is 0.481 e. The lowest BCUT2D eigenvalue weighted by atomic mass is 9.79. The third-order valence-electron chi connectivity index (χ3n) is 3.61. The van der Waals surface area contributed by atoms with Crippen LogP contribution in [0.5, 0.6) is 0 Å². The Balaban J connectivity index is 0. The summed E-state index contributed by atoms with van der Waals surface area (Å²) < 4.78 is 0. The molecule has 0 aliphatic heterocycles. The quantitative estimate of drug-likeness (QED) is 0.440. The smallest absolute Gasteiger partial charge is 0.311 e. The first kappa shape index (κ1) is 23.9. The molecule has 24 heavy (non-hydrogen) atoms. The van der Waals surface area contributed by atoms with E-state index in [0.717, 1.165) is 13.0 Å². The van der Waals surface area contributed by atoms with Gasteiger partial charge in [-0.15, -0.1) is 6.58 Å². The molecular formula is C16H26O8. The Labute approximate surface area is 140 Å². The zero-order chi connectivity index (χ0) is 19.4. The van der Waals surface area contributed by atoms with E-state index in [1.54, 1.807) is 0 Å². The van der Waals surface area contributed by atoms with Crippen LogP contribution in [0, 0.1) is 23.7 Å². The van der Waals surface area contributed by atoms with Gasteiger partial charge in [-0.2, -0.15) is 0 Å². The Morgan fingerprint density at radius 1 is 0.833 bits per heavy atom. The number of rotatable bonds is 10. The average Bonchev–Trinajstić information content (AvgIpc) is 2.49. The van der Waals surface area contributed by atoms with Gasteiger partial charge in [-0.1, -0.05) is 39.7 Å². The first-order valence-electron chi connectivity index (χ1n) is 7.58. The number of aliphatic carboxylic acids is 4. The van der Waals surface area contributed by atoms with Gasteiger partial charge in [0.25, 0.3) is 0 Å². The van der Waals surface area contributed by atoms with E-state index in [4.69, 9.17) is 20.4 Å². The van der Waals surface area contributed by atoms with Crippen LogP contribution in [-0.4, -0.2) is 44.3 Å². The molecule has 0 amide bonds. The Bertz CT molecular complexity index is 455. The lowest BCUT2D eigenvalue weighted by molar-refractivity contribution is -0.158. The number of unbranched alkanes of at least 4 members (excludes halogenated alkanes) is 1. The zero-order valence-electron chi connectivity index (χ0n) is 14.1. The molecule has 0 saturated carbocycles. The van der Waals surface area contributed by atoms with Crippen molar-refractivity contribution in [1.29, 1.82) is 0 Å². The highest BCUT2D eigenvalue weighted by Crippen LogP contribution is 2.27. The predicted molar refractivity (Wildman–Crippen MR) is 85.6 cm³/mol. The van der Waals surface area contributed by atoms with Crippen LogP contribution in [0.25, 0.3) is 0 Å². The minimum Gasteiger partial charge on any atom is -0.481 e. The van der Waals surface area contributed by atoms with Crippen molar-refractivity contribution >= 4 is 23.9 Å². The lowest BCUT2D eigenvalue weighted by Crippen LogP contribution is -2.36. The van der Waals surface area contributed by atoms with Gasteiger partial charge in [-0.05, 0) is 6.42 Å². The molecule has 138 valence electrons. The summed E-state index contributed by atoms with van der Waals surface area (Å²) in [6.07, 6.45) is 2.92.